The SMILES string of the molecule is O=C(O)[C@H]1CN(Cc2ncc[nH]2)CCN(C(=O)Cc2cccs2)C1. The zero-order valence-electron chi connectivity index (χ0n) is 13.2. The molecule has 1 saturated heterocycles. The average molecular weight is 348 g/mol. The molecule has 0 unspecified atom stereocenters. The van der Waals surface area contributed by atoms with E-state index in [0.29, 0.717) is 32.6 Å². The summed E-state index contributed by atoms with van der Waals surface area (Å²) < 4.78 is 0. The molecule has 0 aromatic carbocycles. The van der Waals surface area contributed by atoms with Crippen molar-refractivity contribution in [2.24, 2.45) is 5.92 Å². The van der Waals surface area contributed by atoms with Gasteiger partial charge in [0, 0.05) is 43.4 Å². The number of rotatable bonds is 5. The third-order valence-corrected chi connectivity index (χ3v) is 5.02. The van der Waals surface area contributed by atoms with Gasteiger partial charge in [-0.15, -0.1) is 11.3 Å². The number of nitrogens with one attached hydrogen (secondary N) is 1. The zero-order valence-corrected chi connectivity index (χ0v) is 14.0. The van der Waals surface area contributed by atoms with Crippen LogP contribution in [0.1, 0.15) is 10.7 Å². The maximum Gasteiger partial charge on any atom is 0.309 e. The van der Waals surface area contributed by atoms with E-state index in [9.17, 15) is 14.7 Å². The highest BCUT2D eigenvalue weighted by atomic mass is 32.1. The van der Waals surface area contributed by atoms with E-state index < -0.39 is 11.9 Å². The summed E-state index contributed by atoms with van der Waals surface area (Å²) in [6, 6.07) is 3.85. The normalized spacial score (nSPS) is 19.2. The molecule has 0 bridgehead atoms. The molecule has 8 heteroatoms. The molecule has 1 aliphatic rings. The summed E-state index contributed by atoms with van der Waals surface area (Å²) >= 11 is 1.54. The second-order valence-corrected chi connectivity index (χ2v) is 6.93. The molecule has 24 heavy (non-hydrogen) atoms. The molecule has 7 nitrogen and oxygen atoms in total. The topological polar surface area (TPSA) is 89.5 Å². The van der Waals surface area contributed by atoms with Crippen molar-refractivity contribution in [2.45, 2.75) is 13.0 Å². The Kier molecular flexibility index (Phi) is 5.27. The average Bonchev–Trinajstić information content (AvgIpc) is 3.19. The number of H-pyrrole nitrogens is 1. The molecule has 1 amide bonds. The molecule has 0 spiro atoms. The summed E-state index contributed by atoms with van der Waals surface area (Å²) in [6.07, 6.45) is 3.76. The van der Waals surface area contributed by atoms with E-state index in [-0.39, 0.29) is 12.5 Å². The van der Waals surface area contributed by atoms with Crippen molar-refractivity contribution in [3.05, 3.63) is 40.6 Å². The fraction of sp³-hybridized carbons (Fsp3) is 0.438. The van der Waals surface area contributed by atoms with Gasteiger partial charge in [0.25, 0.3) is 0 Å². The molecule has 1 atom stereocenters. The monoisotopic (exact) mass is 348 g/mol. The first-order chi connectivity index (χ1) is 11.6. The molecule has 3 rings (SSSR count). The van der Waals surface area contributed by atoms with E-state index in [0.717, 1.165) is 10.7 Å². The zero-order chi connectivity index (χ0) is 16.9. The van der Waals surface area contributed by atoms with E-state index in [1.165, 1.54) is 0 Å². The maximum atomic E-state index is 12.5. The summed E-state index contributed by atoms with van der Waals surface area (Å²) in [5.74, 6) is -0.661. The van der Waals surface area contributed by atoms with Crippen LogP contribution in [0.2, 0.25) is 0 Å². The van der Waals surface area contributed by atoms with Gasteiger partial charge in [0.05, 0.1) is 18.9 Å². The Labute approximate surface area is 143 Å². The lowest BCUT2D eigenvalue weighted by atomic mass is 10.1. The fourth-order valence-electron chi connectivity index (χ4n) is 2.88. The molecule has 128 valence electrons. The van der Waals surface area contributed by atoms with Gasteiger partial charge >= 0.3 is 5.97 Å². The van der Waals surface area contributed by atoms with Crippen LogP contribution in [-0.4, -0.2) is 62.9 Å². The number of amides is 1. The van der Waals surface area contributed by atoms with Crippen molar-refractivity contribution in [1.29, 1.82) is 0 Å². The van der Waals surface area contributed by atoms with Crippen molar-refractivity contribution in [3.8, 4) is 0 Å². The molecule has 1 aliphatic heterocycles. The molecule has 0 aliphatic carbocycles. The second-order valence-electron chi connectivity index (χ2n) is 5.90. The standard InChI is InChI=1S/C16H20N4O3S/c21-15(8-13-2-1-7-24-13)20-6-5-19(9-12(10-20)16(22)23)11-14-17-3-4-18-14/h1-4,7,12H,5-6,8-11H2,(H,17,18)(H,22,23)/t12-/m0/s1. The Bertz CT molecular complexity index is 672. The van der Waals surface area contributed by atoms with Crippen LogP contribution in [-0.2, 0) is 22.6 Å². The van der Waals surface area contributed by atoms with Crippen LogP contribution < -0.4 is 0 Å². The van der Waals surface area contributed by atoms with Crippen molar-refractivity contribution in [3.63, 3.8) is 0 Å². The van der Waals surface area contributed by atoms with Crippen molar-refractivity contribution in [2.75, 3.05) is 26.2 Å². The number of carbonyl (C=O) groups excluding carboxylic acids is 1. The van der Waals surface area contributed by atoms with Gasteiger partial charge in [-0.3, -0.25) is 14.5 Å². The van der Waals surface area contributed by atoms with Gasteiger partial charge in [-0.1, -0.05) is 6.07 Å². The minimum atomic E-state index is -0.865. The van der Waals surface area contributed by atoms with Gasteiger partial charge in [-0.25, -0.2) is 4.98 Å². The largest absolute Gasteiger partial charge is 0.481 e. The van der Waals surface area contributed by atoms with Crippen molar-refractivity contribution in [1.82, 2.24) is 19.8 Å². The maximum absolute atomic E-state index is 12.5. The fourth-order valence-corrected chi connectivity index (χ4v) is 3.57. The first-order valence-corrected chi connectivity index (χ1v) is 8.73. The predicted molar refractivity (Wildman–Crippen MR) is 89.6 cm³/mol. The predicted octanol–water partition coefficient (Wildman–Crippen LogP) is 1.06. The highest BCUT2D eigenvalue weighted by molar-refractivity contribution is 7.10. The lowest BCUT2D eigenvalue weighted by molar-refractivity contribution is -0.143. The van der Waals surface area contributed by atoms with E-state index in [2.05, 4.69) is 9.97 Å². The van der Waals surface area contributed by atoms with Crippen LogP contribution in [0.4, 0.5) is 0 Å². The Morgan fingerprint density at radius 2 is 2.25 bits per heavy atom. The van der Waals surface area contributed by atoms with E-state index in [1.807, 2.05) is 22.4 Å². The van der Waals surface area contributed by atoms with Crippen LogP contribution in [0.5, 0.6) is 0 Å². The van der Waals surface area contributed by atoms with Gasteiger partial charge in [0.2, 0.25) is 5.91 Å². The van der Waals surface area contributed by atoms with Crippen molar-refractivity contribution >= 4 is 23.2 Å². The van der Waals surface area contributed by atoms with Crippen LogP contribution in [0.3, 0.4) is 0 Å². The van der Waals surface area contributed by atoms with Crippen molar-refractivity contribution < 1.29 is 14.7 Å². The van der Waals surface area contributed by atoms with Gasteiger partial charge in [-0.2, -0.15) is 0 Å². The first kappa shape index (κ1) is 16.7. The number of carboxylic acids is 1. The van der Waals surface area contributed by atoms with E-state index in [4.69, 9.17) is 0 Å². The summed E-state index contributed by atoms with van der Waals surface area (Å²) in [5, 5.41) is 11.4. The van der Waals surface area contributed by atoms with E-state index in [1.54, 1.807) is 28.6 Å². The molecular weight excluding hydrogens is 328 g/mol. The summed E-state index contributed by atoms with van der Waals surface area (Å²) in [4.78, 5) is 36.0. The number of carboxylic acid groups (broad SMARTS) is 1. The number of thiophene rings is 1. The quantitative estimate of drug-likeness (QED) is 0.843. The highest BCUT2D eigenvalue weighted by Gasteiger charge is 2.30. The van der Waals surface area contributed by atoms with Gasteiger partial charge < -0.3 is 15.0 Å². The summed E-state index contributed by atoms with van der Waals surface area (Å²) in [7, 11) is 0. The van der Waals surface area contributed by atoms with Crippen LogP contribution in [0.25, 0.3) is 0 Å². The number of hydrogen-bond acceptors (Lipinski definition) is 5. The third-order valence-electron chi connectivity index (χ3n) is 4.14. The smallest absolute Gasteiger partial charge is 0.309 e. The molecule has 2 aromatic heterocycles. The molecule has 0 radical (unpaired) electrons. The number of aromatic nitrogens is 2. The number of imidazole rings is 1. The number of aromatic amines is 1. The van der Waals surface area contributed by atoms with Crippen LogP contribution >= 0.6 is 11.3 Å². The minimum absolute atomic E-state index is 0.0106. The molecule has 2 N–H and O–H groups in total. The molecule has 2 aromatic rings. The number of aliphatic carboxylic acids is 1. The lowest BCUT2D eigenvalue weighted by Crippen LogP contribution is -2.38. The van der Waals surface area contributed by atoms with Crippen LogP contribution in [0.15, 0.2) is 29.9 Å². The highest BCUT2D eigenvalue weighted by Crippen LogP contribution is 2.15. The molecule has 3 heterocycles. The Balaban J connectivity index is 1.66. The molecule has 0 saturated carbocycles. The van der Waals surface area contributed by atoms with Crippen LogP contribution in [0, 0.1) is 5.92 Å². The molecule has 1 fully saturated rings. The Hall–Kier alpha value is -2.19. The Morgan fingerprint density at radius 3 is 2.92 bits per heavy atom. The minimum Gasteiger partial charge on any atom is -0.481 e. The Morgan fingerprint density at radius 1 is 1.38 bits per heavy atom. The number of carbonyl (C=O) groups is 2. The second kappa shape index (κ2) is 7.59. The summed E-state index contributed by atoms with van der Waals surface area (Å²) in [5.41, 5.74) is 0. The van der Waals surface area contributed by atoms with Gasteiger partial charge in [-0.05, 0) is 11.4 Å². The lowest BCUT2D eigenvalue weighted by Gasteiger charge is -2.22. The van der Waals surface area contributed by atoms with E-state index >= 15 is 0 Å². The van der Waals surface area contributed by atoms with Gasteiger partial charge in [0.1, 0.15) is 5.82 Å². The summed E-state index contributed by atoms with van der Waals surface area (Å²) in [6.45, 7) is 2.41. The van der Waals surface area contributed by atoms with Gasteiger partial charge in [0.15, 0.2) is 0 Å². The first-order valence-electron chi connectivity index (χ1n) is 7.85. The number of hydrogen-bond donors (Lipinski definition) is 2. The third kappa shape index (κ3) is 4.21. The molecular formula is C16H20N4O3S. The number of nitrogens with zero attached hydrogens (tertiary/aromatic N) is 3.